The number of nitrogens with one attached hydrogen (secondary N) is 1. The van der Waals surface area contributed by atoms with Gasteiger partial charge in [-0.15, -0.1) is 0 Å². The topological polar surface area (TPSA) is 142 Å². The summed E-state index contributed by atoms with van der Waals surface area (Å²) < 4.78 is 35.5. The van der Waals surface area contributed by atoms with Crippen molar-refractivity contribution in [2.75, 3.05) is 5.73 Å². The van der Waals surface area contributed by atoms with E-state index in [4.69, 9.17) is 10.5 Å². The number of hydrogen-bond donors (Lipinski definition) is 2. The number of hydrogen-bond acceptors (Lipinski definition) is 8. The van der Waals surface area contributed by atoms with Gasteiger partial charge in [0.1, 0.15) is 17.1 Å². The zero-order valence-electron chi connectivity index (χ0n) is 21.0. The molecule has 0 saturated heterocycles. The first kappa shape index (κ1) is 25.8. The quantitative estimate of drug-likeness (QED) is 0.353. The van der Waals surface area contributed by atoms with Gasteiger partial charge in [0.05, 0.1) is 11.9 Å². The molecule has 0 unspecified atom stereocenters. The van der Waals surface area contributed by atoms with Crippen LogP contribution in [-0.2, 0) is 16.6 Å². The Bertz CT molecular complexity index is 1560. The summed E-state index contributed by atoms with van der Waals surface area (Å²) in [5, 5.41) is 4.00. The molecule has 11 heteroatoms. The van der Waals surface area contributed by atoms with Gasteiger partial charge >= 0.3 is 0 Å². The number of nitrogen functional groups attached to an aromatic ring is 1. The number of sulfonamides is 1. The van der Waals surface area contributed by atoms with Gasteiger partial charge in [0.25, 0.3) is 15.9 Å². The molecule has 0 bridgehead atoms. The highest BCUT2D eigenvalue weighted by atomic mass is 32.2. The van der Waals surface area contributed by atoms with Crippen molar-refractivity contribution in [3.05, 3.63) is 77.6 Å². The van der Waals surface area contributed by atoms with Gasteiger partial charge in [0.15, 0.2) is 5.03 Å². The van der Waals surface area contributed by atoms with E-state index in [1.807, 2.05) is 41.6 Å². The number of pyridine rings is 2. The monoisotopic (exact) mass is 520 g/mol. The molecular weight excluding hydrogens is 492 g/mol. The first-order valence-corrected chi connectivity index (χ1v) is 13.1. The van der Waals surface area contributed by atoms with E-state index in [0.717, 1.165) is 23.2 Å². The number of aromatic nitrogens is 4. The Kier molecular flexibility index (Phi) is 7.25. The minimum absolute atomic E-state index is 0.0122. The highest BCUT2D eigenvalue weighted by molar-refractivity contribution is 7.90. The van der Waals surface area contributed by atoms with E-state index in [0.29, 0.717) is 17.4 Å². The molecule has 0 atom stereocenters. The van der Waals surface area contributed by atoms with Crippen LogP contribution in [0.5, 0.6) is 11.6 Å². The Balaban J connectivity index is 1.72. The van der Waals surface area contributed by atoms with Crippen molar-refractivity contribution in [2.24, 2.45) is 5.92 Å². The molecule has 37 heavy (non-hydrogen) atoms. The Morgan fingerprint density at radius 1 is 1.11 bits per heavy atom. The van der Waals surface area contributed by atoms with Crippen LogP contribution in [0.25, 0.3) is 11.3 Å². The Morgan fingerprint density at radius 2 is 1.89 bits per heavy atom. The van der Waals surface area contributed by atoms with Crippen molar-refractivity contribution in [3.63, 3.8) is 0 Å². The fourth-order valence-electron chi connectivity index (χ4n) is 3.65. The molecule has 4 rings (SSSR count). The van der Waals surface area contributed by atoms with Crippen LogP contribution in [-0.4, -0.2) is 34.1 Å². The summed E-state index contributed by atoms with van der Waals surface area (Å²) in [7, 11) is -4.29. The Labute approximate surface area is 215 Å². The molecule has 0 aliphatic rings. The van der Waals surface area contributed by atoms with E-state index in [1.54, 1.807) is 18.3 Å². The minimum Gasteiger partial charge on any atom is -0.438 e. The van der Waals surface area contributed by atoms with Crippen LogP contribution in [0.3, 0.4) is 0 Å². The molecule has 192 valence electrons. The third-order valence-corrected chi connectivity index (χ3v) is 6.60. The smallest absolute Gasteiger partial charge is 0.281 e. The van der Waals surface area contributed by atoms with Gasteiger partial charge in [-0.05, 0) is 55.7 Å². The number of anilines is 1. The maximum absolute atomic E-state index is 13.2. The van der Waals surface area contributed by atoms with Crippen molar-refractivity contribution < 1.29 is 17.9 Å². The molecule has 1 aromatic carbocycles. The zero-order chi connectivity index (χ0) is 26.7. The molecule has 0 fully saturated rings. The molecule has 3 aromatic heterocycles. The number of carbonyl (C=O) groups is 1. The molecule has 0 aliphatic carbocycles. The van der Waals surface area contributed by atoms with E-state index in [-0.39, 0.29) is 22.3 Å². The van der Waals surface area contributed by atoms with E-state index >= 15 is 0 Å². The second-order valence-electron chi connectivity index (χ2n) is 9.10. The summed E-state index contributed by atoms with van der Waals surface area (Å²) in [4.78, 5) is 21.5. The standard InChI is InChI=1S/C26H28N6O4S/c1-16(2)14-32-15-19(13-28-32)21-10-9-20(26(29-21)36-22-11-8-17(3)12-18(22)4)25(33)31-37(34,35)24-7-5-6-23(27)30-24/h5-13,15-16H,14H2,1-4H3,(H2,27,30)(H,31,33). The number of carbonyl (C=O) groups excluding carboxylic acids is 1. The average Bonchev–Trinajstić information content (AvgIpc) is 3.28. The van der Waals surface area contributed by atoms with Gasteiger partial charge in [0.2, 0.25) is 5.88 Å². The van der Waals surface area contributed by atoms with Gasteiger partial charge in [-0.1, -0.05) is 37.6 Å². The van der Waals surface area contributed by atoms with Crippen molar-refractivity contribution in [1.29, 1.82) is 0 Å². The lowest BCUT2D eigenvalue weighted by molar-refractivity contribution is 0.0978. The molecule has 0 aliphatic heterocycles. The maximum atomic E-state index is 13.2. The van der Waals surface area contributed by atoms with Gasteiger partial charge < -0.3 is 10.5 Å². The summed E-state index contributed by atoms with van der Waals surface area (Å²) in [6, 6.07) is 12.8. The van der Waals surface area contributed by atoms with Gasteiger partial charge in [-0.25, -0.2) is 14.7 Å². The molecule has 10 nitrogen and oxygen atoms in total. The second kappa shape index (κ2) is 10.4. The highest BCUT2D eigenvalue weighted by Gasteiger charge is 2.24. The summed E-state index contributed by atoms with van der Waals surface area (Å²) in [6.07, 6.45) is 3.54. The fourth-order valence-corrected chi connectivity index (χ4v) is 4.59. The predicted octanol–water partition coefficient (Wildman–Crippen LogP) is 4.11. The summed E-state index contributed by atoms with van der Waals surface area (Å²) >= 11 is 0. The minimum atomic E-state index is -4.29. The normalized spacial score (nSPS) is 11.5. The van der Waals surface area contributed by atoms with Crippen LogP contribution in [0.1, 0.15) is 35.3 Å². The SMILES string of the molecule is Cc1ccc(Oc2nc(-c3cnn(CC(C)C)c3)ccc2C(=O)NS(=O)(=O)c2cccc(N)n2)c(C)c1. The van der Waals surface area contributed by atoms with Crippen molar-refractivity contribution in [1.82, 2.24) is 24.5 Å². The lowest BCUT2D eigenvalue weighted by atomic mass is 10.1. The van der Waals surface area contributed by atoms with Gasteiger partial charge in [-0.2, -0.15) is 13.5 Å². The second-order valence-corrected chi connectivity index (χ2v) is 10.7. The maximum Gasteiger partial charge on any atom is 0.281 e. The van der Waals surface area contributed by atoms with Crippen LogP contribution in [0.2, 0.25) is 0 Å². The molecule has 0 saturated carbocycles. The van der Waals surface area contributed by atoms with Crippen molar-refractivity contribution in [2.45, 2.75) is 39.3 Å². The Hall–Kier alpha value is -4.25. The Morgan fingerprint density at radius 3 is 2.59 bits per heavy atom. The number of aryl methyl sites for hydroxylation is 2. The third kappa shape index (κ3) is 6.12. The summed E-state index contributed by atoms with van der Waals surface area (Å²) in [5.41, 5.74) is 8.67. The number of nitrogens with two attached hydrogens (primary N) is 1. The van der Waals surface area contributed by atoms with Crippen molar-refractivity contribution >= 4 is 21.7 Å². The largest absolute Gasteiger partial charge is 0.438 e. The van der Waals surface area contributed by atoms with E-state index < -0.39 is 15.9 Å². The number of nitrogens with zero attached hydrogens (tertiary/aromatic N) is 4. The van der Waals surface area contributed by atoms with Crippen LogP contribution in [0, 0.1) is 19.8 Å². The number of amides is 1. The van der Waals surface area contributed by atoms with Crippen LogP contribution < -0.4 is 15.2 Å². The summed E-state index contributed by atoms with van der Waals surface area (Å²) in [5.74, 6) is -0.0576. The first-order valence-electron chi connectivity index (χ1n) is 11.6. The molecule has 3 heterocycles. The number of rotatable bonds is 8. The fraction of sp³-hybridized carbons (Fsp3) is 0.231. The number of benzene rings is 1. The molecule has 3 N–H and O–H groups in total. The van der Waals surface area contributed by atoms with Crippen molar-refractivity contribution in [3.8, 4) is 22.9 Å². The molecule has 1 amide bonds. The van der Waals surface area contributed by atoms with Gasteiger partial charge in [-0.3, -0.25) is 9.48 Å². The molecule has 0 spiro atoms. The van der Waals surface area contributed by atoms with E-state index in [1.165, 1.54) is 24.3 Å². The molecule has 0 radical (unpaired) electrons. The number of ether oxygens (including phenoxy) is 1. The average molecular weight is 521 g/mol. The summed E-state index contributed by atoms with van der Waals surface area (Å²) in [6.45, 7) is 8.76. The van der Waals surface area contributed by atoms with Crippen LogP contribution in [0.4, 0.5) is 5.82 Å². The van der Waals surface area contributed by atoms with E-state index in [2.05, 4.69) is 28.9 Å². The first-order chi connectivity index (χ1) is 17.5. The lowest BCUT2D eigenvalue weighted by Crippen LogP contribution is -2.31. The van der Waals surface area contributed by atoms with E-state index in [9.17, 15) is 13.2 Å². The third-order valence-electron chi connectivity index (χ3n) is 5.37. The zero-order valence-corrected chi connectivity index (χ0v) is 21.8. The molecular formula is C26H28N6O4S. The molecule has 4 aromatic rings. The van der Waals surface area contributed by atoms with Crippen LogP contribution in [0.15, 0.2) is 66.0 Å². The predicted molar refractivity (Wildman–Crippen MR) is 140 cm³/mol. The van der Waals surface area contributed by atoms with Gasteiger partial charge in [0, 0.05) is 18.3 Å². The highest BCUT2D eigenvalue weighted by Crippen LogP contribution is 2.30. The lowest BCUT2D eigenvalue weighted by Gasteiger charge is -2.14. The van der Waals surface area contributed by atoms with Crippen LogP contribution >= 0.6 is 0 Å².